The number of nitrogens with zero attached hydrogens (tertiary/aromatic N) is 1. The lowest BCUT2D eigenvalue weighted by Gasteiger charge is -2.28. The molecule has 3 aromatic rings. The van der Waals surface area contributed by atoms with Crippen molar-refractivity contribution in [3.8, 4) is 0 Å². The Morgan fingerprint density at radius 1 is 1.00 bits per heavy atom. The van der Waals surface area contributed by atoms with Crippen LogP contribution in [0.3, 0.4) is 0 Å². The number of carbonyl (C=O) groups excluding carboxylic acids is 1. The second-order valence-corrected chi connectivity index (χ2v) is 5.52. The third-order valence-corrected chi connectivity index (χ3v) is 4.07. The van der Waals surface area contributed by atoms with Gasteiger partial charge in [-0.3, -0.25) is 4.79 Å². The fourth-order valence-electron chi connectivity index (χ4n) is 2.67. The Balaban J connectivity index is 1.80. The lowest BCUT2D eigenvalue weighted by molar-refractivity contribution is 0.0935. The van der Waals surface area contributed by atoms with Crippen LogP contribution in [0, 0.1) is 0 Å². The van der Waals surface area contributed by atoms with E-state index in [0.29, 0.717) is 10.7 Å². The molecular formula is C17H12ClN3O. The molecular weight excluding hydrogens is 298 g/mol. The van der Waals surface area contributed by atoms with Crippen LogP contribution in [0.1, 0.15) is 22.1 Å². The summed E-state index contributed by atoms with van der Waals surface area (Å²) in [4.78, 5) is 16.6. The molecule has 0 unspecified atom stereocenters. The molecule has 5 heteroatoms. The van der Waals surface area contributed by atoms with Gasteiger partial charge in [0.15, 0.2) is 0 Å². The number of amides is 1. The van der Waals surface area contributed by atoms with Crippen LogP contribution in [0.5, 0.6) is 0 Å². The van der Waals surface area contributed by atoms with Crippen LogP contribution in [0.2, 0.25) is 5.15 Å². The minimum absolute atomic E-state index is 0.122. The van der Waals surface area contributed by atoms with Crippen molar-refractivity contribution in [3.05, 3.63) is 70.9 Å². The molecule has 2 aromatic carbocycles. The van der Waals surface area contributed by atoms with Gasteiger partial charge in [0.25, 0.3) is 5.91 Å². The van der Waals surface area contributed by atoms with Crippen LogP contribution < -0.4 is 10.6 Å². The predicted octanol–water partition coefficient (Wildman–Crippen LogP) is 3.74. The number of nitrogens with one attached hydrogen (secondary N) is 2. The van der Waals surface area contributed by atoms with E-state index >= 15 is 0 Å². The summed E-state index contributed by atoms with van der Waals surface area (Å²) in [6.45, 7) is 0. The van der Waals surface area contributed by atoms with Crippen molar-refractivity contribution in [2.75, 3.05) is 5.32 Å². The van der Waals surface area contributed by atoms with Crippen molar-refractivity contribution in [1.29, 1.82) is 0 Å². The van der Waals surface area contributed by atoms with Crippen LogP contribution >= 0.6 is 11.6 Å². The van der Waals surface area contributed by atoms with Gasteiger partial charge in [0.1, 0.15) is 11.3 Å². The van der Waals surface area contributed by atoms with Crippen molar-refractivity contribution in [2.45, 2.75) is 6.17 Å². The smallest absolute Gasteiger partial charge is 0.255 e. The molecule has 1 aliphatic heterocycles. The molecule has 108 valence electrons. The molecule has 4 nitrogen and oxygen atoms in total. The molecule has 0 saturated carbocycles. The third kappa shape index (κ3) is 2.09. The lowest BCUT2D eigenvalue weighted by atomic mass is 10.1. The Morgan fingerprint density at radius 2 is 1.77 bits per heavy atom. The molecule has 1 atom stereocenters. The number of aromatic nitrogens is 1. The van der Waals surface area contributed by atoms with Gasteiger partial charge in [0, 0.05) is 16.6 Å². The number of fused-ring (bicyclic) bond motifs is 2. The molecule has 0 radical (unpaired) electrons. The monoisotopic (exact) mass is 309 g/mol. The molecule has 0 saturated heterocycles. The highest BCUT2D eigenvalue weighted by Gasteiger charge is 2.26. The van der Waals surface area contributed by atoms with E-state index in [9.17, 15) is 4.79 Å². The number of para-hydroxylation sites is 2. The van der Waals surface area contributed by atoms with Gasteiger partial charge in [-0.05, 0) is 24.3 Å². The Labute approximate surface area is 132 Å². The van der Waals surface area contributed by atoms with E-state index in [1.165, 1.54) is 0 Å². The van der Waals surface area contributed by atoms with Crippen molar-refractivity contribution < 1.29 is 4.79 Å². The van der Waals surface area contributed by atoms with Gasteiger partial charge in [-0.15, -0.1) is 0 Å². The summed E-state index contributed by atoms with van der Waals surface area (Å²) in [6, 6.07) is 17.1. The average Bonchev–Trinajstić information content (AvgIpc) is 2.54. The van der Waals surface area contributed by atoms with Crippen LogP contribution in [-0.4, -0.2) is 10.9 Å². The fraction of sp³-hybridized carbons (Fsp3) is 0.0588. The second kappa shape index (κ2) is 5.00. The largest absolute Gasteiger partial charge is 0.361 e. The quantitative estimate of drug-likeness (QED) is 0.673. The first-order chi connectivity index (χ1) is 10.7. The normalized spacial score (nSPS) is 16.8. The molecule has 0 bridgehead atoms. The van der Waals surface area contributed by atoms with Gasteiger partial charge >= 0.3 is 0 Å². The van der Waals surface area contributed by atoms with E-state index in [1.54, 1.807) is 6.07 Å². The minimum atomic E-state index is -0.396. The number of carbonyl (C=O) groups is 1. The minimum Gasteiger partial charge on any atom is -0.361 e. The Morgan fingerprint density at radius 3 is 2.68 bits per heavy atom. The van der Waals surface area contributed by atoms with Crippen LogP contribution in [0.4, 0.5) is 5.69 Å². The Kier molecular flexibility index (Phi) is 2.98. The molecule has 1 aliphatic rings. The Bertz CT molecular complexity index is 894. The summed E-state index contributed by atoms with van der Waals surface area (Å²) in [6.07, 6.45) is -0.396. The molecule has 2 N–H and O–H groups in total. The van der Waals surface area contributed by atoms with Crippen molar-refractivity contribution in [2.24, 2.45) is 0 Å². The Hall–Kier alpha value is -2.59. The SMILES string of the molecule is O=C1N[C@H](c2cc3ccccc3nc2Cl)Nc2ccccc21. The number of rotatable bonds is 1. The summed E-state index contributed by atoms with van der Waals surface area (Å²) >= 11 is 6.31. The van der Waals surface area contributed by atoms with Gasteiger partial charge in [-0.2, -0.15) is 0 Å². The van der Waals surface area contributed by atoms with Crippen molar-refractivity contribution in [3.63, 3.8) is 0 Å². The van der Waals surface area contributed by atoms with E-state index in [2.05, 4.69) is 15.6 Å². The van der Waals surface area contributed by atoms with Gasteiger partial charge in [-0.1, -0.05) is 41.9 Å². The van der Waals surface area contributed by atoms with E-state index < -0.39 is 6.17 Å². The zero-order chi connectivity index (χ0) is 15.1. The maximum absolute atomic E-state index is 12.2. The van der Waals surface area contributed by atoms with Crippen molar-refractivity contribution >= 4 is 34.1 Å². The number of hydrogen-bond donors (Lipinski definition) is 2. The first kappa shape index (κ1) is 13.1. The molecule has 0 spiro atoms. The van der Waals surface area contributed by atoms with Gasteiger partial charge < -0.3 is 10.6 Å². The summed E-state index contributed by atoms with van der Waals surface area (Å²) in [5.74, 6) is -0.122. The second-order valence-electron chi connectivity index (χ2n) is 5.16. The first-order valence-electron chi connectivity index (χ1n) is 6.94. The number of halogens is 1. The molecule has 0 aliphatic carbocycles. The van der Waals surface area contributed by atoms with Gasteiger partial charge in [-0.25, -0.2) is 4.98 Å². The maximum Gasteiger partial charge on any atom is 0.255 e. The highest BCUT2D eigenvalue weighted by Crippen LogP contribution is 2.31. The van der Waals surface area contributed by atoms with E-state index in [1.807, 2.05) is 48.5 Å². The maximum atomic E-state index is 12.2. The molecule has 1 amide bonds. The number of benzene rings is 2. The zero-order valence-electron chi connectivity index (χ0n) is 11.5. The molecule has 4 rings (SSSR count). The summed E-state index contributed by atoms with van der Waals surface area (Å²) < 4.78 is 0. The zero-order valence-corrected chi connectivity index (χ0v) is 12.3. The highest BCUT2D eigenvalue weighted by atomic mass is 35.5. The number of pyridine rings is 1. The molecule has 2 heterocycles. The van der Waals surface area contributed by atoms with Crippen LogP contribution in [0.25, 0.3) is 10.9 Å². The van der Waals surface area contributed by atoms with E-state index in [0.717, 1.165) is 22.2 Å². The van der Waals surface area contributed by atoms with Crippen LogP contribution in [0.15, 0.2) is 54.6 Å². The highest BCUT2D eigenvalue weighted by molar-refractivity contribution is 6.30. The summed E-state index contributed by atoms with van der Waals surface area (Å²) in [5, 5.41) is 7.58. The summed E-state index contributed by atoms with van der Waals surface area (Å²) in [5.41, 5.74) is 3.01. The first-order valence-corrected chi connectivity index (χ1v) is 7.32. The molecule has 1 aromatic heterocycles. The van der Waals surface area contributed by atoms with Gasteiger partial charge in [0.05, 0.1) is 11.1 Å². The topological polar surface area (TPSA) is 54.0 Å². The van der Waals surface area contributed by atoms with E-state index in [-0.39, 0.29) is 5.91 Å². The fourth-order valence-corrected chi connectivity index (χ4v) is 2.93. The van der Waals surface area contributed by atoms with Gasteiger partial charge in [0.2, 0.25) is 0 Å². The summed E-state index contributed by atoms with van der Waals surface area (Å²) in [7, 11) is 0. The standard InChI is InChI=1S/C17H12ClN3O/c18-15-12(9-10-5-1-3-7-13(10)19-15)16-20-14-8-4-2-6-11(14)17(22)21-16/h1-9,16,20H,(H,21,22)/t16-/m1/s1. The number of anilines is 1. The molecule has 0 fully saturated rings. The predicted molar refractivity (Wildman–Crippen MR) is 87.0 cm³/mol. The number of hydrogen-bond acceptors (Lipinski definition) is 3. The average molecular weight is 310 g/mol. The third-order valence-electron chi connectivity index (χ3n) is 3.76. The molecule has 22 heavy (non-hydrogen) atoms. The lowest BCUT2D eigenvalue weighted by Crippen LogP contribution is -2.38. The van der Waals surface area contributed by atoms with E-state index in [4.69, 9.17) is 11.6 Å². The van der Waals surface area contributed by atoms with Crippen molar-refractivity contribution in [1.82, 2.24) is 10.3 Å². The van der Waals surface area contributed by atoms with Crippen LogP contribution in [-0.2, 0) is 0 Å².